The van der Waals surface area contributed by atoms with Crippen LogP contribution in [0.3, 0.4) is 0 Å². The van der Waals surface area contributed by atoms with E-state index in [1.165, 1.54) is 38.8 Å². The average molecular weight is 254 g/mol. The molecule has 3 aliphatic rings. The van der Waals surface area contributed by atoms with Gasteiger partial charge in [-0.15, -0.1) is 0 Å². The molecule has 3 fully saturated rings. The van der Waals surface area contributed by atoms with Crippen LogP contribution in [0.5, 0.6) is 0 Å². The van der Waals surface area contributed by atoms with E-state index in [1.807, 2.05) is 0 Å². The summed E-state index contributed by atoms with van der Waals surface area (Å²) in [6.07, 6.45) is 6.10. The Morgan fingerprint density at radius 1 is 1.28 bits per heavy atom. The normalized spacial score (nSPS) is 42.5. The number of nitrogens with one attached hydrogen (secondary N) is 1. The SMILES string of the molecule is CNC1CCCN(C2CCOC3(CCOC3)C2)C1. The first-order chi connectivity index (χ1) is 8.81. The summed E-state index contributed by atoms with van der Waals surface area (Å²) in [6, 6.07) is 1.38. The number of rotatable bonds is 2. The van der Waals surface area contributed by atoms with E-state index in [1.54, 1.807) is 0 Å². The molecule has 3 heterocycles. The van der Waals surface area contributed by atoms with E-state index in [4.69, 9.17) is 9.47 Å². The van der Waals surface area contributed by atoms with Gasteiger partial charge in [-0.2, -0.15) is 0 Å². The highest BCUT2D eigenvalue weighted by Gasteiger charge is 2.42. The maximum atomic E-state index is 6.03. The molecule has 3 saturated heterocycles. The molecule has 0 aromatic rings. The van der Waals surface area contributed by atoms with Crippen molar-refractivity contribution < 1.29 is 9.47 Å². The molecule has 104 valence electrons. The molecule has 0 saturated carbocycles. The topological polar surface area (TPSA) is 33.7 Å². The number of likely N-dealkylation sites (N-methyl/N-ethyl adjacent to an activating group) is 1. The lowest BCUT2D eigenvalue weighted by atomic mass is 9.87. The molecule has 0 radical (unpaired) electrons. The third-order valence-corrected chi connectivity index (χ3v) is 4.91. The second kappa shape index (κ2) is 5.45. The van der Waals surface area contributed by atoms with Crippen molar-refractivity contribution in [1.82, 2.24) is 10.2 Å². The molecule has 3 aliphatic heterocycles. The lowest BCUT2D eigenvalue weighted by Crippen LogP contribution is -2.54. The van der Waals surface area contributed by atoms with Gasteiger partial charge in [0.1, 0.15) is 0 Å². The zero-order chi connectivity index (χ0) is 12.4. The highest BCUT2D eigenvalue weighted by molar-refractivity contribution is 4.95. The number of hydrogen-bond acceptors (Lipinski definition) is 4. The minimum atomic E-state index is 0.0511. The predicted molar refractivity (Wildman–Crippen MR) is 70.8 cm³/mol. The molecule has 3 rings (SSSR count). The summed E-state index contributed by atoms with van der Waals surface area (Å²) in [5.74, 6) is 0. The highest BCUT2D eigenvalue weighted by atomic mass is 16.6. The van der Waals surface area contributed by atoms with Crippen molar-refractivity contribution >= 4 is 0 Å². The van der Waals surface area contributed by atoms with E-state index in [0.717, 1.165) is 26.2 Å². The van der Waals surface area contributed by atoms with Crippen LogP contribution in [0.2, 0.25) is 0 Å². The monoisotopic (exact) mass is 254 g/mol. The largest absolute Gasteiger partial charge is 0.378 e. The minimum absolute atomic E-state index is 0.0511. The molecule has 0 aromatic carbocycles. The van der Waals surface area contributed by atoms with Gasteiger partial charge in [0, 0.05) is 38.3 Å². The summed E-state index contributed by atoms with van der Waals surface area (Å²) >= 11 is 0. The second-order valence-electron chi connectivity index (χ2n) is 6.10. The Labute approximate surface area is 110 Å². The molecule has 1 spiro atoms. The molecule has 3 atom stereocenters. The Morgan fingerprint density at radius 2 is 2.22 bits per heavy atom. The number of ether oxygens (including phenoxy) is 2. The van der Waals surface area contributed by atoms with Gasteiger partial charge in [-0.05, 0) is 39.3 Å². The third-order valence-electron chi connectivity index (χ3n) is 4.91. The van der Waals surface area contributed by atoms with Gasteiger partial charge in [-0.1, -0.05) is 0 Å². The van der Waals surface area contributed by atoms with E-state index in [-0.39, 0.29) is 5.60 Å². The maximum absolute atomic E-state index is 6.03. The quantitative estimate of drug-likeness (QED) is 0.797. The zero-order valence-corrected chi connectivity index (χ0v) is 11.5. The summed E-state index contributed by atoms with van der Waals surface area (Å²) in [5, 5.41) is 3.44. The molecule has 4 heteroatoms. The minimum Gasteiger partial charge on any atom is -0.378 e. The molecule has 0 amide bonds. The van der Waals surface area contributed by atoms with Gasteiger partial charge in [-0.25, -0.2) is 0 Å². The van der Waals surface area contributed by atoms with Gasteiger partial charge in [0.05, 0.1) is 12.2 Å². The molecule has 18 heavy (non-hydrogen) atoms. The second-order valence-corrected chi connectivity index (χ2v) is 6.10. The Kier molecular flexibility index (Phi) is 3.89. The first-order valence-corrected chi connectivity index (χ1v) is 7.44. The summed E-state index contributed by atoms with van der Waals surface area (Å²) in [6.45, 7) is 5.07. The number of hydrogen-bond donors (Lipinski definition) is 1. The Hall–Kier alpha value is -0.160. The summed E-state index contributed by atoms with van der Waals surface area (Å²) in [7, 11) is 2.09. The van der Waals surface area contributed by atoms with Crippen LogP contribution in [0.25, 0.3) is 0 Å². The predicted octanol–water partition coefficient (Wildman–Crippen LogP) is 1.01. The Balaban J connectivity index is 1.61. The van der Waals surface area contributed by atoms with Gasteiger partial charge >= 0.3 is 0 Å². The van der Waals surface area contributed by atoms with Crippen LogP contribution >= 0.6 is 0 Å². The smallest absolute Gasteiger partial charge is 0.0951 e. The molecule has 3 unspecified atom stereocenters. The van der Waals surface area contributed by atoms with Gasteiger partial charge in [-0.3, -0.25) is 4.90 Å². The van der Waals surface area contributed by atoms with Crippen molar-refractivity contribution in [3.63, 3.8) is 0 Å². The van der Waals surface area contributed by atoms with Crippen LogP contribution in [-0.4, -0.2) is 62.5 Å². The lowest BCUT2D eigenvalue weighted by Gasteiger charge is -2.45. The van der Waals surface area contributed by atoms with E-state index < -0.39 is 0 Å². The van der Waals surface area contributed by atoms with Gasteiger partial charge in [0.2, 0.25) is 0 Å². The third kappa shape index (κ3) is 2.57. The molecule has 0 aromatic heterocycles. The summed E-state index contributed by atoms with van der Waals surface area (Å²) < 4.78 is 11.6. The van der Waals surface area contributed by atoms with Crippen LogP contribution in [0.4, 0.5) is 0 Å². The number of nitrogens with zero attached hydrogens (tertiary/aromatic N) is 1. The first-order valence-electron chi connectivity index (χ1n) is 7.44. The van der Waals surface area contributed by atoms with Crippen molar-refractivity contribution in [2.75, 3.05) is 40.0 Å². The van der Waals surface area contributed by atoms with Crippen molar-refractivity contribution in [3.8, 4) is 0 Å². The van der Waals surface area contributed by atoms with E-state index in [2.05, 4.69) is 17.3 Å². The van der Waals surface area contributed by atoms with Crippen LogP contribution in [-0.2, 0) is 9.47 Å². The van der Waals surface area contributed by atoms with Crippen LogP contribution in [0, 0.1) is 0 Å². The summed E-state index contributed by atoms with van der Waals surface area (Å²) in [4.78, 5) is 2.69. The molecular formula is C14H26N2O2. The molecule has 4 nitrogen and oxygen atoms in total. The lowest BCUT2D eigenvalue weighted by molar-refractivity contribution is -0.109. The average Bonchev–Trinajstić information content (AvgIpc) is 2.87. The van der Waals surface area contributed by atoms with Crippen LogP contribution in [0.15, 0.2) is 0 Å². The number of likely N-dealkylation sites (tertiary alicyclic amines) is 1. The van der Waals surface area contributed by atoms with Crippen molar-refractivity contribution in [3.05, 3.63) is 0 Å². The maximum Gasteiger partial charge on any atom is 0.0951 e. The number of piperidine rings is 1. The van der Waals surface area contributed by atoms with Crippen LogP contribution < -0.4 is 5.32 Å². The molecule has 0 aliphatic carbocycles. The first kappa shape index (κ1) is 12.9. The fourth-order valence-corrected chi connectivity index (χ4v) is 3.75. The molecular weight excluding hydrogens is 228 g/mol. The van der Waals surface area contributed by atoms with E-state index in [0.29, 0.717) is 12.1 Å². The standard InChI is InChI=1S/C14H26N2O2/c1-15-12-3-2-6-16(10-12)13-4-7-18-14(9-13)5-8-17-11-14/h12-13,15H,2-11H2,1H3. The Morgan fingerprint density at radius 3 is 3.00 bits per heavy atom. The summed E-state index contributed by atoms with van der Waals surface area (Å²) in [5.41, 5.74) is 0.0511. The van der Waals surface area contributed by atoms with E-state index >= 15 is 0 Å². The highest BCUT2D eigenvalue weighted by Crippen LogP contribution is 2.35. The van der Waals surface area contributed by atoms with Crippen molar-refractivity contribution in [2.24, 2.45) is 0 Å². The molecule has 0 bridgehead atoms. The van der Waals surface area contributed by atoms with Crippen LogP contribution in [0.1, 0.15) is 32.1 Å². The van der Waals surface area contributed by atoms with Gasteiger partial charge < -0.3 is 14.8 Å². The molecule has 1 N–H and O–H groups in total. The van der Waals surface area contributed by atoms with Crippen molar-refractivity contribution in [1.29, 1.82) is 0 Å². The zero-order valence-electron chi connectivity index (χ0n) is 11.5. The fourth-order valence-electron chi connectivity index (χ4n) is 3.75. The fraction of sp³-hybridized carbons (Fsp3) is 1.00. The van der Waals surface area contributed by atoms with E-state index in [9.17, 15) is 0 Å². The van der Waals surface area contributed by atoms with Gasteiger partial charge in [0.15, 0.2) is 0 Å². The Bertz CT molecular complexity index is 279. The van der Waals surface area contributed by atoms with Gasteiger partial charge in [0.25, 0.3) is 0 Å². The van der Waals surface area contributed by atoms with Crippen molar-refractivity contribution in [2.45, 2.75) is 49.8 Å².